The topological polar surface area (TPSA) is 12.0 Å². The van der Waals surface area contributed by atoms with Crippen LogP contribution < -0.4 is 5.32 Å². The molecule has 1 heterocycles. The first-order valence-electron chi connectivity index (χ1n) is 4.43. The Kier molecular flexibility index (Phi) is 3.99. The van der Waals surface area contributed by atoms with Gasteiger partial charge in [0.2, 0.25) is 0 Å². The summed E-state index contributed by atoms with van der Waals surface area (Å²) in [5.41, 5.74) is 1.61. The van der Waals surface area contributed by atoms with Gasteiger partial charge in [-0.05, 0) is 38.8 Å². The summed E-state index contributed by atoms with van der Waals surface area (Å²) in [5, 5.41) is 3.39. The molecule has 0 saturated carbocycles. The number of rotatable bonds is 2. The van der Waals surface area contributed by atoms with E-state index in [9.17, 15) is 0 Å². The maximum Gasteiger partial charge on any atom is -0.00116 e. The lowest BCUT2D eigenvalue weighted by Crippen LogP contribution is -2.13. The Balaban J connectivity index is 2.35. The summed E-state index contributed by atoms with van der Waals surface area (Å²) >= 11 is 0. The summed E-state index contributed by atoms with van der Waals surface area (Å²) in [4.78, 5) is 0. The zero-order valence-electron chi connectivity index (χ0n) is 7.10. The highest BCUT2D eigenvalue weighted by Crippen LogP contribution is 2.12. The van der Waals surface area contributed by atoms with Crippen molar-refractivity contribution in [3.05, 3.63) is 24.3 Å². The van der Waals surface area contributed by atoms with Crippen molar-refractivity contribution in [1.82, 2.24) is 5.32 Å². The van der Waals surface area contributed by atoms with Gasteiger partial charge in [-0.2, -0.15) is 0 Å². The summed E-state index contributed by atoms with van der Waals surface area (Å²) in [6, 6.07) is 0. The lowest BCUT2D eigenvalue weighted by atomic mass is 10.1. The first kappa shape index (κ1) is 8.54. The molecule has 62 valence electrons. The molecule has 11 heavy (non-hydrogen) atoms. The zero-order chi connectivity index (χ0) is 7.94. The van der Waals surface area contributed by atoms with Gasteiger partial charge in [-0.15, -0.1) is 6.58 Å². The van der Waals surface area contributed by atoms with Crippen LogP contribution in [-0.2, 0) is 0 Å². The first-order valence-corrected chi connectivity index (χ1v) is 4.43. The Morgan fingerprint density at radius 1 is 1.36 bits per heavy atom. The predicted octanol–water partition coefficient (Wildman–Crippen LogP) is 2.26. The Labute approximate surface area is 69.2 Å². The monoisotopic (exact) mass is 151 g/mol. The molecule has 0 aliphatic carbocycles. The van der Waals surface area contributed by atoms with E-state index in [0.717, 1.165) is 13.0 Å². The molecule has 0 spiro atoms. The number of hydrogen-bond donors (Lipinski definition) is 1. The second-order valence-electron chi connectivity index (χ2n) is 2.99. The van der Waals surface area contributed by atoms with Crippen LogP contribution in [0.5, 0.6) is 0 Å². The van der Waals surface area contributed by atoms with Crippen molar-refractivity contribution in [3.63, 3.8) is 0 Å². The molecular formula is C10H17N. The molecule has 0 amide bonds. The van der Waals surface area contributed by atoms with Crippen molar-refractivity contribution in [2.24, 2.45) is 0 Å². The molecule has 0 atom stereocenters. The van der Waals surface area contributed by atoms with E-state index in [1.54, 1.807) is 5.57 Å². The average molecular weight is 151 g/mol. The van der Waals surface area contributed by atoms with Crippen LogP contribution in [0.1, 0.15) is 25.7 Å². The van der Waals surface area contributed by atoms with E-state index in [4.69, 9.17) is 0 Å². The standard InChI is InChI=1S/C10H17N/c1-2-3-5-10-6-4-8-11-9-7-10/h2,5,11H,1,3-4,6-9H2/b10-5-. The number of hydrogen-bond acceptors (Lipinski definition) is 1. The minimum absolute atomic E-state index is 1.04. The smallest absolute Gasteiger partial charge is 0.00116 e. The Morgan fingerprint density at radius 3 is 3.09 bits per heavy atom. The average Bonchev–Trinajstić information content (AvgIpc) is 2.28. The van der Waals surface area contributed by atoms with Gasteiger partial charge in [0, 0.05) is 0 Å². The Hall–Kier alpha value is -0.560. The molecule has 1 rings (SSSR count). The third-order valence-electron chi connectivity index (χ3n) is 2.05. The van der Waals surface area contributed by atoms with Gasteiger partial charge in [0.05, 0.1) is 0 Å². The second kappa shape index (κ2) is 5.14. The van der Waals surface area contributed by atoms with Gasteiger partial charge in [0.1, 0.15) is 0 Å². The van der Waals surface area contributed by atoms with Crippen LogP contribution in [-0.4, -0.2) is 13.1 Å². The van der Waals surface area contributed by atoms with Gasteiger partial charge in [0.25, 0.3) is 0 Å². The fourth-order valence-electron chi connectivity index (χ4n) is 1.39. The van der Waals surface area contributed by atoms with E-state index >= 15 is 0 Å². The van der Waals surface area contributed by atoms with Crippen LogP contribution in [0.15, 0.2) is 24.3 Å². The minimum Gasteiger partial charge on any atom is -0.316 e. The zero-order valence-corrected chi connectivity index (χ0v) is 7.10. The van der Waals surface area contributed by atoms with E-state index in [1.807, 2.05) is 6.08 Å². The molecule has 0 unspecified atom stereocenters. The quantitative estimate of drug-likeness (QED) is 0.597. The largest absolute Gasteiger partial charge is 0.316 e. The molecule has 0 bridgehead atoms. The highest BCUT2D eigenvalue weighted by atomic mass is 14.8. The summed E-state index contributed by atoms with van der Waals surface area (Å²) in [7, 11) is 0. The van der Waals surface area contributed by atoms with E-state index in [0.29, 0.717) is 0 Å². The van der Waals surface area contributed by atoms with Crippen LogP contribution >= 0.6 is 0 Å². The van der Waals surface area contributed by atoms with Crippen LogP contribution in [0.25, 0.3) is 0 Å². The van der Waals surface area contributed by atoms with E-state index in [-0.39, 0.29) is 0 Å². The van der Waals surface area contributed by atoms with Crippen molar-refractivity contribution < 1.29 is 0 Å². The van der Waals surface area contributed by atoms with Crippen molar-refractivity contribution in [1.29, 1.82) is 0 Å². The third kappa shape index (κ3) is 3.38. The van der Waals surface area contributed by atoms with Gasteiger partial charge in [-0.1, -0.05) is 17.7 Å². The lowest BCUT2D eigenvalue weighted by Gasteiger charge is -1.99. The molecule has 0 aromatic carbocycles. The molecule has 1 aliphatic rings. The highest BCUT2D eigenvalue weighted by Gasteiger charge is 2.01. The van der Waals surface area contributed by atoms with Crippen LogP contribution in [0.4, 0.5) is 0 Å². The Bertz CT molecular complexity index is 137. The minimum atomic E-state index is 1.04. The van der Waals surface area contributed by atoms with E-state index in [2.05, 4.69) is 18.0 Å². The van der Waals surface area contributed by atoms with Crippen molar-refractivity contribution >= 4 is 0 Å². The molecule has 0 aromatic rings. The molecule has 1 saturated heterocycles. The number of allylic oxidation sites excluding steroid dienone is 2. The fraction of sp³-hybridized carbons (Fsp3) is 0.600. The predicted molar refractivity (Wildman–Crippen MR) is 49.6 cm³/mol. The summed E-state index contributed by atoms with van der Waals surface area (Å²) in [6.07, 6.45) is 9.12. The molecule has 1 aliphatic heterocycles. The van der Waals surface area contributed by atoms with Gasteiger partial charge in [-0.3, -0.25) is 0 Å². The van der Waals surface area contributed by atoms with Crippen molar-refractivity contribution in [2.45, 2.75) is 25.7 Å². The van der Waals surface area contributed by atoms with Crippen molar-refractivity contribution in [2.75, 3.05) is 13.1 Å². The molecule has 0 aromatic heterocycles. The van der Waals surface area contributed by atoms with Crippen LogP contribution in [0.2, 0.25) is 0 Å². The number of nitrogens with one attached hydrogen (secondary N) is 1. The van der Waals surface area contributed by atoms with Crippen LogP contribution in [0.3, 0.4) is 0 Å². The highest BCUT2D eigenvalue weighted by molar-refractivity contribution is 5.05. The van der Waals surface area contributed by atoms with E-state index in [1.165, 1.54) is 25.8 Å². The normalized spacial score (nSPS) is 23.1. The van der Waals surface area contributed by atoms with Crippen LogP contribution in [0, 0.1) is 0 Å². The first-order chi connectivity index (χ1) is 5.43. The Morgan fingerprint density at radius 2 is 2.27 bits per heavy atom. The molecule has 1 N–H and O–H groups in total. The molecular weight excluding hydrogens is 134 g/mol. The fourth-order valence-corrected chi connectivity index (χ4v) is 1.39. The summed E-state index contributed by atoms with van der Waals surface area (Å²) < 4.78 is 0. The SMILES string of the molecule is C=CC/C=C1/CCCNCC1. The molecule has 0 radical (unpaired) electrons. The molecule has 1 heteroatoms. The van der Waals surface area contributed by atoms with E-state index < -0.39 is 0 Å². The summed E-state index contributed by atoms with van der Waals surface area (Å²) in [5.74, 6) is 0. The summed E-state index contributed by atoms with van der Waals surface area (Å²) in [6.45, 7) is 6.05. The van der Waals surface area contributed by atoms with Gasteiger partial charge < -0.3 is 5.32 Å². The molecule has 1 fully saturated rings. The van der Waals surface area contributed by atoms with Gasteiger partial charge in [0.15, 0.2) is 0 Å². The third-order valence-corrected chi connectivity index (χ3v) is 2.05. The second-order valence-corrected chi connectivity index (χ2v) is 2.99. The van der Waals surface area contributed by atoms with Gasteiger partial charge >= 0.3 is 0 Å². The maximum absolute atomic E-state index is 3.71. The van der Waals surface area contributed by atoms with Crippen molar-refractivity contribution in [3.8, 4) is 0 Å². The lowest BCUT2D eigenvalue weighted by molar-refractivity contribution is 0.703. The molecule has 1 nitrogen and oxygen atoms in total. The maximum atomic E-state index is 3.71. The van der Waals surface area contributed by atoms with Gasteiger partial charge in [-0.25, -0.2) is 0 Å².